The van der Waals surface area contributed by atoms with Crippen molar-refractivity contribution in [2.24, 2.45) is 11.8 Å². The highest BCUT2D eigenvalue weighted by molar-refractivity contribution is 6.32. The van der Waals surface area contributed by atoms with Crippen LogP contribution in [0.2, 0.25) is 5.02 Å². The number of benzene rings is 2. The molecule has 4 aliphatic rings. The first-order valence-electron chi connectivity index (χ1n) is 11.2. The van der Waals surface area contributed by atoms with Crippen LogP contribution in [0.1, 0.15) is 29.5 Å². The minimum absolute atomic E-state index is 0.159. The van der Waals surface area contributed by atoms with Crippen LogP contribution in [0.25, 0.3) is 0 Å². The Bertz CT molecular complexity index is 1260. The average molecular weight is 466 g/mol. The Balaban J connectivity index is 1.56. The zero-order valence-corrected chi connectivity index (χ0v) is 19.4. The Morgan fingerprint density at radius 3 is 2.67 bits per heavy atom. The van der Waals surface area contributed by atoms with Gasteiger partial charge in [0, 0.05) is 28.4 Å². The quantitative estimate of drug-likeness (QED) is 0.688. The SMILES string of the molecule is COc1cc(Cl)c(C)cc1N1C(=O)C2C3CCCN3C3(C(=O)Nc4ccc(C)cc43)C2C1=O. The van der Waals surface area contributed by atoms with Gasteiger partial charge in [-0.05, 0) is 50.9 Å². The van der Waals surface area contributed by atoms with Gasteiger partial charge in [0.2, 0.25) is 17.7 Å². The first-order chi connectivity index (χ1) is 15.8. The van der Waals surface area contributed by atoms with E-state index in [-0.39, 0.29) is 23.8 Å². The maximum Gasteiger partial charge on any atom is 0.250 e. The molecule has 8 heteroatoms. The van der Waals surface area contributed by atoms with Crippen LogP contribution in [0.4, 0.5) is 11.4 Å². The molecule has 3 saturated heterocycles. The molecule has 0 bridgehead atoms. The minimum atomic E-state index is -1.18. The molecule has 6 rings (SSSR count). The van der Waals surface area contributed by atoms with Crippen molar-refractivity contribution in [1.82, 2.24) is 4.90 Å². The average Bonchev–Trinajstić information content (AvgIpc) is 3.48. The van der Waals surface area contributed by atoms with Gasteiger partial charge in [-0.25, -0.2) is 4.90 Å². The Kier molecular flexibility index (Phi) is 4.27. The van der Waals surface area contributed by atoms with Gasteiger partial charge < -0.3 is 10.1 Å². The molecule has 2 aromatic rings. The van der Waals surface area contributed by atoms with Crippen molar-refractivity contribution in [2.75, 3.05) is 23.9 Å². The molecule has 7 nitrogen and oxygen atoms in total. The van der Waals surface area contributed by atoms with E-state index in [0.29, 0.717) is 23.0 Å². The van der Waals surface area contributed by atoms with Crippen LogP contribution in [0.15, 0.2) is 30.3 Å². The van der Waals surface area contributed by atoms with E-state index in [1.807, 2.05) is 32.0 Å². The van der Waals surface area contributed by atoms with Crippen molar-refractivity contribution in [3.8, 4) is 5.75 Å². The second kappa shape index (κ2) is 6.81. The number of hydrogen-bond acceptors (Lipinski definition) is 5. The standard InChI is InChI=1S/C25H24ClN3O4/c1-12-6-7-16-14(9-12)25(24(32)27-16)21-20(17-5-4-8-28(17)25)22(30)29(23(21)31)18-10-13(2)15(26)11-19(18)33-3/h6-7,9-11,17,20-21H,4-5,8H2,1-3H3,(H,27,32). The van der Waals surface area contributed by atoms with Crippen LogP contribution in [-0.2, 0) is 19.9 Å². The summed E-state index contributed by atoms with van der Waals surface area (Å²) in [7, 11) is 1.49. The number of rotatable bonds is 2. The molecule has 4 atom stereocenters. The molecular weight excluding hydrogens is 442 g/mol. The summed E-state index contributed by atoms with van der Waals surface area (Å²) in [5, 5.41) is 3.50. The van der Waals surface area contributed by atoms with Gasteiger partial charge in [0.05, 0.1) is 24.6 Å². The van der Waals surface area contributed by atoms with Crippen molar-refractivity contribution in [2.45, 2.75) is 38.3 Å². The molecular formula is C25H24ClN3O4. The normalized spacial score (nSPS) is 30.1. The lowest BCUT2D eigenvalue weighted by Gasteiger charge is -2.36. The van der Waals surface area contributed by atoms with Gasteiger partial charge >= 0.3 is 0 Å². The number of amides is 3. The summed E-state index contributed by atoms with van der Waals surface area (Å²) in [6.07, 6.45) is 1.66. The summed E-state index contributed by atoms with van der Waals surface area (Å²) in [5.74, 6) is -1.87. The van der Waals surface area contributed by atoms with Crippen LogP contribution in [0, 0.1) is 25.7 Å². The first kappa shape index (κ1) is 20.7. The smallest absolute Gasteiger partial charge is 0.250 e. The molecule has 33 heavy (non-hydrogen) atoms. The third kappa shape index (κ3) is 2.41. The molecule has 170 valence electrons. The number of methoxy groups -OCH3 is 1. The lowest BCUT2D eigenvalue weighted by Crippen LogP contribution is -2.54. The number of anilines is 2. The summed E-state index contributed by atoms with van der Waals surface area (Å²) < 4.78 is 5.49. The third-order valence-corrected chi connectivity index (χ3v) is 8.26. The van der Waals surface area contributed by atoms with E-state index < -0.39 is 17.4 Å². The van der Waals surface area contributed by atoms with Gasteiger partial charge in [-0.15, -0.1) is 0 Å². The molecule has 0 aromatic heterocycles. The second-order valence-corrected chi connectivity index (χ2v) is 9.87. The van der Waals surface area contributed by atoms with Crippen LogP contribution < -0.4 is 15.0 Å². The number of hydrogen-bond donors (Lipinski definition) is 1. The van der Waals surface area contributed by atoms with E-state index in [0.717, 1.165) is 35.2 Å². The Labute approximate surface area is 196 Å². The fourth-order valence-electron chi connectivity index (χ4n) is 6.54. The molecule has 0 radical (unpaired) electrons. The minimum Gasteiger partial charge on any atom is -0.495 e. The second-order valence-electron chi connectivity index (χ2n) is 9.46. The van der Waals surface area contributed by atoms with Crippen molar-refractivity contribution < 1.29 is 19.1 Å². The summed E-state index contributed by atoms with van der Waals surface area (Å²) in [5.41, 5.74) is 2.47. The van der Waals surface area contributed by atoms with Gasteiger partial charge in [0.15, 0.2) is 0 Å². The largest absolute Gasteiger partial charge is 0.495 e. The number of fused-ring (bicyclic) bond motifs is 7. The van der Waals surface area contributed by atoms with Crippen LogP contribution in [0.3, 0.4) is 0 Å². The van der Waals surface area contributed by atoms with Gasteiger partial charge in [0.1, 0.15) is 11.3 Å². The number of nitrogens with one attached hydrogen (secondary N) is 1. The van der Waals surface area contributed by atoms with E-state index in [2.05, 4.69) is 10.2 Å². The fourth-order valence-corrected chi connectivity index (χ4v) is 6.69. The number of nitrogens with zero attached hydrogens (tertiary/aromatic N) is 2. The van der Waals surface area contributed by atoms with Crippen molar-refractivity contribution in [3.63, 3.8) is 0 Å². The molecule has 2 aromatic carbocycles. The predicted molar refractivity (Wildman–Crippen MR) is 123 cm³/mol. The summed E-state index contributed by atoms with van der Waals surface area (Å²) in [6.45, 7) is 4.48. The third-order valence-electron chi connectivity index (χ3n) is 7.85. The molecule has 3 fully saturated rings. The van der Waals surface area contributed by atoms with E-state index in [4.69, 9.17) is 16.3 Å². The van der Waals surface area contributed by atoms with Crippen molar-refractivity contribution in [1.29, 1.82) is 0 Å². The molecule has 1 spiro atoms. The van der Waals surface area contributed by atoms with Gasteiger partial charge in [-0.1, -0.05) is 29.3 Å². The van der Waals surface area contributed by atoms with E-state index in [1.165, 1.54) is 12.0 Å². The highest BCUT2D eigenvalue weighted by Crippen LogP contribution is 2.61. The fraction of sp³-hybridized carbons (Fsp3) is 0.400. The molecule has 3 amide bonds. The highest BCUT2D eigenvalue weighted by Gasteiger charge is 2.74. The number of ether oxygens (including phenoxy) is 1. The van der Waals surface area contributed by atoms with E-state index in [9.17, 15) is 14.4 Å². The molecule has 0 aliphatic carbocycles. The molecule has 4 heterocycles. The first-order valence-corrected chi connectivity index (χ1v) is 11.6. The Hall–Kier alpha value is -2.90. The number of carbonyl (C=O) groups excluding carboxylic acids is 3. The zero-order valence-electron chi connectivity index (χ0n) is 18.6. The predicted octanol–water partition coefficient (Wildman–Crippen LogP) is 3.40. The summed E-state index contributed by atoms with van der Waals surface area (Å²) in [6, 6.07) is 9.00. The van der Waals surface area contributed by atoms with Crippen LogP contribution >= 0.6 is 11.6 Å². The van der Waals surface area contributed by atoms with Crippen molar-refractivity contribution in [3.05, 3.63) is 52.0 Å². The number of halogens is 1. The Morgan fingerprint density at radius 2 is 1.91 bits per heavy atom. The summed E-state index contributed by atoms with van der Waals surface area (Å²) >= 11 is 6.27. The lowest BCUT2D eigenvalue weighted by molar-refractivity contribution is -0.135. The molecule has 0 saturated carbocycles. The molecule has 1 N–H and O–H groups in total. The molecule has 4 unspecified atom stereocenters. The highest BCUT2D eigenvalue weighted by atomic mass is 35.5. The topological polar surface area (TPSA) is 79.0 Å². The lowest BCUT2D eigenvalue weighted by atomic mass is 9.75. The number of imide groups is 1. The van der Waals surface area contributed by atoms with Gasteiger partial charge in [-0.3, -0.25) is 19.3 Å². The molecule has 4 aliphatic heterocycles. The maximum absolute atomic E-state index is 14.1. The van der Waals surface area contributed by atoms with Crippen molar-refractivity contribution >= 4 is 40.7 Å². The van der Waals surface area contributed by atoms with Gasteiger partial charge in [0.25, 0.3) is 0 Å². The van der Waals surface area contributed by atoms with E-state index in [1.54, 1.807) is 12.1 Å². The zero-order chi connectivity index (χ0) is 23.2. The summed E-state index contributed by atoms with van der Waals surface area (Å²) in [4.78, 5) is 45.0. The van der Waals surface area contributed by atoms with E-state index >= 15 is 0 Å². The Morgan fingerprint density at radius 1 is 1.12 bits per heavy atom. The number of carbonyl (C=O) groups is 3. The van der Waals surface area contributed by atoms with Gasteiger partial charge in [-0.2, -0.15) is 0 Å². The van der Waals surface area contributed by atoms with Crippen LogP contribution in [0.5, 0.6) is 5.75 Å². The van der Waals surface area contributed by atoms with Crippen LogP contribution in [-0.4, -0.2) is 42.3 Å². The maximum atomic E-state index is 14.1. The number of aryl methyl sites for hydroxylation is 2. The monoisotopic (exact) mass is 465 g/mol.